The van der Waals surface area contributed by atoms with Crippen LogP contribution in [0.1, 0.15) is 19.9 Å². The summed E-state index contributed by atoms with van der Waals surface area (Å²) in [4.78, 5) is 22.5. The largest absolute Gasteiger partial charge is 0.335 e. The molecule has 0 saturated carbocycles. The van der Waals surface area contributed by atoms with Crippen molar-refractivity contribution in [1.29, 1.82) is 5.26 Å². The van der Waals surface area contributed by atoms with Gasteiger partial charge in [-0.15, -0.1) is 0 Å². The van der Waals surface area contributed by atoms with E-state index in [1.54, 1.807) is 23.0 Å². The number of anilines is 1. The minimum absolute atomic E-state index is 0.174. The third kappa shape index (κ3) is 3.61. The van der Waals surface area contributed by atoms with Crippen molar-refractivity contribution < 1.29 is 9.59 Å². The van der Waals surface area contributed by atoms with E-state index in [1.165, 1.54) is 0 Å². The van der Waals surface area contributed by atoms with Crippen LogP contribution in [0, 0.1) is 11.3 Å². The fourth-order valence-electron chi connectivity index (χ4n) is 1.07. The Balaban J connectivity index is 2.56. The standard InChI is InChI=1S/C10H13N5O2/c1-7(2)15-6-3-8(14-15)13-10(17)9(16)12-5-4-11/h3,6-7H,5H2,1-2H3,(H,12,16)(H,13,14,17). The molecule has 1 heterocycles. The molecule has 7 heteroatoms. The first kappa shape index (κ1) is 12.7. The Morgan fingerprint density at radius 2 is 2.24 bits per heavy atom. The molecule has 17 heavy (non-hydrogen) atoms. The Labute approximate surface area is 98.4 Å². The van der Waals surface area contributed by atoms with Crippen molar-refractivity contribution in [2.75, 3.05) is 11.9 Å². The van der Waals surface area contributed by atoms with Crippen LogP contribution in [0.5, 0.6) is 0 Å². The number of nitrogens with one attached hydrogen (secondary N) is 2. The molecule has 0 aliphatic carbocycles. The SMILES string of the molecule is CC(C)n1ccc(NC(=O)C(=O)NCC#N)n1. The molecule has 0 bridgehead atoms. The summed E-state index contributed by atoms with van der Waals surface area (Å²) < 4.78 is 1.66. The molecule has 0 unspecified atom stereocenters. The van der Waals surface area contributed by atoms with Crippen molar-refractivity contribution in [1.82, 2.24) is 15.1 Å². The predicted octanol–water partition coefficient (Wildman–Crippen LogP) is 0.0423. The number of aromatic nitrogens is 2. The quantitative estimate of drug-likeness (QED) is 0.570. The van der Waals surface area contributed by atoms with Crippen molar-refractivity contribution in [2.24, 2.45) is 0 Å². The van der Waals surface area contributed by atoms with E-state index in [4.69, 9.17) is 5.26 Å². The van der Waals surface area contributed by atoms with Gasteiger partial charge in [-0.2, -0.15) is 10.4 Å². The van der Waals surface area contributed by atoms with Gasteiger partial charge >= 0.3 is 11.8 Å². The molecule has 2 N–H and O–H groups in total. The lowest BCUT2D eigenvalue weighted by molar-refractivity contribution is -0.136. The summed E-state index contributed by atoms with van der Waals surface area (Å²) in [6, 6.07) is 3.47. The molecular formula is C10H13N5O2. The van der Waals surface area contributed by atoms with Gasteiger partial charge in [0.2, 0.25) is 0 Å². The molecule has 2 amide bonds. The molecule has 0 fully saturated rings. The van der Waals surface area contributed by atoms with Crippen LogP contribution in [0.2, 0.25) is 0 Å². The summed E-state index contributed by atoms with van der Waals surface area (Å²) in [7, 11) is 0. The molecule has 0 aliphatic rings. The van der Waals surface area contributed by atoms with Crippen molar-refractivity contribution in [3.8, 4) is 6.07 Å². The lowest BCUT2D eigenvalue weighted by Crippen LogP contribution is -2.35. The van der Waals surface area contributed by atoms with Gasteiger partial charge in [-0.3, -0.25) is 14.3 Å². The van der Waals surface area contributed by atoms with E-state index in [2.05, 4.69) is 15.7 Å². The first-order valence-corrected chi connectivity index (χ1v) is 5.06. The van der Waals surface area contributed by atoms with Crippen molar-refractivity contribution in [2.45, 2.75) is 19.9 Å². The average Bonchev–Trinajstić information content (AvgIpc) is 2.74. The second-order valence-corrected chi connectivity index (χ2v) is 3.57. The summed E-state index contributed by atoms with van der Waals surface area (Å²) >= 11 is 0. The number of carbonyl (C=O) groups is 2. The van der Waals surface area contributed by atoms with Crippen LogP contribution in [-0.2, 0) is 9.59 Å². The third-order valence-electron chi connectivity index (χ3n) is 1.91. The average molecular weight is 235 g/mol. The van der Waals surface area contributed by atoms with E-state index in [-0.39, 0.29) is 12.6 Å². The third-order valence-corrected chi connectivity index (χ3v) is 1.91. The molecule has 1 aromatic heterocycles. The molecular weight excluding hydrogens is 222 g/mol. The normalized spacial score (nSPS) is 9.76. The summed E-state index contributed by atoms with van der Waals surface area (Å²) in [6.45, 7) is 3.68. The fourth-order valence-corrected chi connectivity index (χ4v) is 1.07. The second kappa shape index (κ2) is 5.65. The number of nitrogens with zero attached hydrogens (tertiary/aromatic N) is 3. The highest BCUT2D eigenvalue weighted by Crippen LogP contribution is 2.07. The Morgan fingerprint density at radius 3 is 2.76 bits per heavy atom. The van der Waals surface area contributed by atoms with Crippen molar-refractivity contribution in [3.63, 3.8) is 0 Å². The lowest BCUT2D eigenvalue weighted by atomic mass is 10.4. The first-order chi connectivity index (χ1) is 8.04. The number of carbonyl (C=O) groups excluding carboxylic acids is 2. The van der Waals surface area contributed by atoms with Crippen molar-refractivity contribution in [3.05, 3.63) is 12.3 Å². The fraction of sp³-hybridized carbons (Fsp3) is 0.400. The van der Waals surface area contributed by atoms with E-state index in [0.29, 0.717) is 5.82 Å². The minimum atomic E-state index is -0.856. The number of hydrogen-bond donors (Lipinski definition) is 2. The smallest absolute Gasteiger partial charge is 0.314 e. The van der Waals surface area contributed by atoms with E-state index in [0.717, 1.165) is 0 Å². The van der Waals surface area contributed by atoms with Gasteiger partial charge in [-0.05, 0) is 13.8 Å². The molecule has 0 spiro atoms. The monoisotopic (exact) mass is 235 g/mol. The van der Waals surface area contributed by atoms with Crippen LogP contribution in [-0.4, -0.2) is 28.1 Å². The zero-order valence-electron chi connectivity index (χ0n) is 9.60. The second-order valence-electron chi connectivity index (χ2n) is 3.57. The maximum Gasteiger partial charge on any atom is 0.314 e. The topological polar surface area (TPSA) is 99.8 Å². The molecule has 0 radical (unpaired) electrons. The lowest BCUT2D eigenvalue weighted by Gasteiger charge is -2.04. The Kier molecular flexibility index (Phi) is 4.22. The van der Waals surface area contributed by atoms with Gasteiger partial charge in [0.1, 0.15) is 6.54 Å². The summed E-state index contributed by atoms with van der Waals surface area (Å²) in [5.74, 6) is -1.39. The molecule has 1 aromatic rings. The zero-order chi connectivity index (χ0) is 12.8. The van der Waals surface area contributed by atoms with Gasteiger partial charge in [0.05, 0.1) is 6.07 Å². The van der Waals surface area contributed by atoms with Gasteiger partial charge in [-0.25, -0.2) is 0 Å². The molecule has 90 valence electrons. The molecule has 0 aromatic carbocycles. The van der Waals surface area contributed by atoms with E-state index < -0.39 is 11.8 Å². The molecule has 1 rings (SSSR count). The van der Waals surface area contributed by atoms with Gasteiger partial charge < -0.3 is 10.6 Å². The van der Waals surface area contributed by atoms with Crippen LogP contribution in [0.15, 0.2) is 12.3 Å². The van der Waals surface area contributed by atoms with E-state index in [9.17, 15) is 9.59 Å². The summed E-state index contributed by atoms with van der Waals surface area (Å²) in [5, 5.41) is 16.8. The zero-order valence-corrected chi connectivity index (χ0v) is 9.60. The predicted molar refractivity (Wildman–Crippen MR) is 59.9 cm³/mol. The van der Waals surface area contributed by atoms with Crippen LogP contribution in [0.4, 0.5) is 5.82 Å². The highest BCUT2D eigenvalue weighted by Gasteiger charge is 2.14. The van der Waals surface area contributed by atoms with Crippen LogP contribution >= 0.6 is 0 Å². The number of nitriles is 1. The van der Waals surface area contributed by atoms with Crippen LogP contribution in [0.25, 0.3) is 0 Å². The minimum Gasteiger partial charge on any atom is -0.335 e. The number of hydrogen-bond acceptors (Lipinski definition) is 4. The highest BCUT2D eigenvalue weighted by atomic mass is 16.2. The van der Waals surface area contributed by atoms with E-state index in [1.807, 2.05) is 13.8 Å². The Bertz CT molecular complexity index is 458. The van der Waals surface area contributed by atoms with E-state index >= 15 is 0 Å². The number of rotatable bonds is 3. The van der Waals surface area contributed by atoms with Gasteiger partial charge in [-0.1, -0.05) is 0 Å². The maximum atomic E-state index is 11.3. The van der Waals surface area contributed by atoms with Gasteiger partial charge in [0, 0.05) is 18.3 Å². The summed E-state index contributed by atoms with van der Waals surface area (Å²) in [6.07, 6.45) is 1.70. The molecule has 0 saturated heterocycles. The van der Waals surface area contributed by atoms with Crippen LogP contribution < -0.4 is 10.6 Å². The highest BCUT2D eigenvalue weighted by molar-refractivity contribution is 6.39. The van der Waals surface area contributed by atoms with Gasteiger partial charge in [0.25, 0.3) is 0 Å². The molecule has 7 nitrogen and oxygen atoms in total. The molecule has 0 atom stereocenters. The maximum absolute atomic E-state index is 11.3. The van der Waals surface area contributed by atoms with Gasteiger partial charge in [0.15, 0.2) is 5.82 Å². The first-order valence-electron chi connectivity index (χ1n) is 5.06. The Hall–Kier alpha value is -2.36. The molecule has 0 aliphatic heterocycles. The van der Waals surface area contributed by atoms with Crippen molar-refractivity contribution >= 4 is 17.6 Å². The Morgan fingerprint density at radius 1 is 1.53 bits per heavy atom. The van der Waals surface area contributed by atoms with Crippen LogP contribution in [0.3, 0.4) is 0 Å². The summed E-state index contributed by atoms with van der Waals surface area (Å²) in [5.41, 5.74) is 0. The number of amides is 2.